The van der Waals surface area contributed by atoms with Crippen molar-refractivity contribution in [2.75, 3.05) is 0 Å². The van der Waals surface area contributed by atoms with Crippen molar-refractivity contribution in [3.05, 3.63) is 52.0 Å². The summed E-state index contributed by atoms with van der Waals surface area (Å²) >= 11 is 9.39. The summed E-state index contributed by atoms with van der Waals surface area (Å²) in [6.45, 7) is 0. The summed E-state index contributed by atoms with van der Waals surface area (Å²) in [6.07, 6.45) is 0. The van der Waals surface area contributed by atoms with Crippen LogP contribution in [0.15, 0.2) is 51.5 Å². The van der Waals surface area contributed by atoms with E-state index in [9.17, 15) is 0 Å². The molecule has 0 unspecified atom stereocenters. The monoisotopic (exact) mass is 307 g/mol. The maximum absolute atomic E-state index is 5.98. The highest BCUT2D eigenvalue weighted by atomic mass is 79.9. The Labute approximate surface area is 111 Å². The number of nitrogens with zero attached hydrogens (tertiary/aromatic N) is 1. The molecule has 1 heterocycles. The Bertz CT molecular complexity index is 675. The first-order valence-electron chi connectivity index (χ1n) is 5.05. The summed E-state index contributed by atoms with van der Waals surface area (Å²) < 4.78 is 6.30. The molecule has 0 saturated heterocycles. The lowest BCUT2D eigenvalue weighted by molar-refractivity contribution is 0.459. The van der Waals surface area contributed by atoms with Gasteiger partial charge in [-0.15, -0.1) is 0 Å². The molecule has 4 heteroatoms. The first kappa shape index (κ1) is 10.8. The highest BCUT2D eigenvalue weighted by Crippen LogP contribution is 2.30. The first-order chi connectivity index (χ1) is 8.24. The Morgan fingerprint density at radius 1 is 1.06 bits per heavy atom. The fourth-order valence-electron chi connectivity index (χ4n) is 1.73. The van der Waals surface area contributed by atoms with E-state index in [1.807, 2.05) is 36.4 Å². The molecule has 0 spiro atoms. The van der Waals surface area contributed by atoms with Crippen LogP contribution in [0.1, 0.15) is 0 Å². The van der Waals surface area contributed by atoms with Gasteiger partial charge in [0, 0.05) is 15.1 Å². The lowest BCUT2D eigenvalue weighted by Gasteiger charge is -1.97. The number of hydrogen-bond donors (Lipinski definition) is 0. The van der Waals surface area contributed by atoms with Gasteiger partial charge in [0.05, 0.1) is 5.39 Å². The van der Waals surface area contributed by atoms with E-state index in [1.54, 1.807) is 6.07 Å². The van der Waals surface area contributed by atoms with Gasteiger partial charge < -0.3 is 4.52 Å². The van der Waals surface area contributed by atoms with Crippen molar-refractivity contribution in [1.29, 1.82) is 0 Å². The van der Waals surface area contributed by atoms with Gasteiger partial charge in [-0.05, 0) is 30.3 Å². The summed E-state index contributed by atoms with van der Waals surface area (Å²) in [4.78, 5) is 0. The van der Waals surface area contributed by atoms with Gasteiger partial charge in [-0.25, -0.2) is 0 Å². The molecule has 0 atom stereocenters. The Kier molecular flexibility index (Phi) is 2.65. The number of halogens is 2. The summed E-state index contributed by atoms with van der Waals surface area (Å²) in [5, 5.41) is 5.70. The Hall–Kier alpha value is -1.32. The van der Waals surface area contributed by atoms with Crippen LogP contribution in [0.2, 0.25) is 5.02 Å². The van der Waals surface area contributed by atoms with Crippen LogP contribution in [0.4, 0.5) is 0 Å². The summed E-state index contributed by atoms with van der Waals surface area (Å²) in [7, 11) is 0. The van der Waals surface area contributed by atoms with Gasteiger partial charge in [0.1, 0.15) is 5.69 Å². The fraction of sp³-hybridized carbons (Fsp3) is 0. The van der Waals surface area contributed by atoms with Crippen LogP contribution in [-0.4, -0.2) is 5.16 Å². The molecule has 0 amide bonds. The summed E-state index contributed by atoms with van der Waals surface area (Å²) in [5.41, 5.74) is 2.57. The third kappa shape index (κ3) is 1.96. The van der Waals surface area contributed by atoms with Gasteiger partial charge in [0.15, 0.2) is 5.58 Å². The van der Waals surface area contributed by atoms with Crippen molar-refractivity contribution in [3.8, 4) is 11.3 Å². The van der Waals surface area contributed by atoms with Crippen LogP contribution in [0.5, 0.6) is 0 Å². The number of aromatic nitrogens is 1. The van der Waals surface area contributed by atoms with Gasteiger partial charge in [-0.3, -0.25) is 0 Å². The highest BCUT2D eigenvalue weighted by Gasteiger charge is 2.10. The molecule has 2 aromatic carbocycles. The minimum Gasteiger partial charge on any atom is -0.356 e. The van der Waals surface area contributed by atoms with Gasteiger partial charge >= 0.3 is 0 Å². The van der Waals surface area contributed by atoms with Gasteiger partial charge in [-0.2, -0.15) is 0 Å². The minimum atomic E-state index is 0.680. The summed E-state index contributed by atoms with van der Waals surface area (Å²) in [6, 6.07) is 13.4. The molecule has 0 N–H and O–H groups in total. The first-order valence-corrected chi connectivity index (χ1v) is 6.22. The molecule has 84 valence electrons. The lowest BCUT2D eigenvalue weighted by atomic mass is 10.1. The fourth-order valence-corrected chi connectivity index (χ4v) is 2.16. The number of hydrogen-bond acceptors (Lipinski definition) is 2. The van der Waals surface area contributed by atoms with Crippen LogP contribution < -0.4 is 0 Å². The SMILES string of the molecule is Clc1ccc2onc(-c3ccc(Br)cc3)c2c1. The van der Waals surface area contributed by atoms with Crippen LogP contribution in [0.25, 0.3) is 22.2 Å². The van der Waals surface area contributed by atoms with E-state index in [0.717, 1.165) is 26.7 Å². The van der Waals surface area contributed by atoms with E-state index in [4.69, 9.17) is 16.1 Å². The molecule has 3 rings (SSSR count). The van der Waals surface area contributed by atoms with Crippen molar-refractivity contribution in [2.45, 2.75) is 0 Å². The molecular formula is C13H7BrClNO. The van der Waals surface area contributed by atoms with Gasteiger partial charge in [0.2, 0.25) is 0 Å². The van der Waals surface area contributed by atoms with E-state index in [-0.39, 0.29) is 0 Å². The Morgan fingerprint density at radius 3 is 2.59 bits per heavy atom. The lowest BCUT2D eigenvalue weighted by Crippen LogP contribution is -1.77. The molecule has 0 saturated carbocycles. The van der Waals surface area contributed by atoms with Gasteiger partial charge in [0.25, 0.3) is 0 Å². The molecule has 0 bridgehead atoms. The molecule has 0 radical (unpaired) electrons. The van der Waals surface area contributed by atoms with Crippen LogP contribution in [-0.2, 0) is 0 Å². The standard InChI is InChI=1S/C13H7BrClNO/c14-9-3-1-8(2-4-9)13-11-7-10(15)5-6-12(11)17-16-13/h1-7H. The van der Waals surface area contributed by atoms with Crippen molar-refractivity contribution >= 4 is 38.5 Å². The molecule has 0 aliphatic rings. The molecular weight excluding hydrogens is 302 g/mol. The van der Waals surface area contributed by atoms with Crippen molar-refractivity contribution in [3.63, 3.8) is 0 Å². The largest absolute Gasteiger partial charge is 0.356 e. The van der Waals surface area contributed by atoms with Crippen molar-refractivity contribution in [1.82, 2.24) is 5.16 Å². The van der Waals surface area contributed by atoms with E-state index in [0.29, 0.717) is 5.02 Å². The molecule has 0 fully saturated rings. The van der Waals surface area contributed by atoms with Crippen molar-refractivity contribution < 1.29 is 4.52 Å². The van der Waals surface area contributed by atoms with E-state index in [2.05, 4.69) is 21.1 Å². The molecule has 0 aliphatic carbocycles. The Balaban J connectivity index is 2.23. The molecule has 1 aromatic heterocycles. The second-order valence-electron chi connectivity index (χ2n) is 3.68. The highest BCUT2D eigenvalue weighted by molar-refractivity contribution is 9.10. The smallest absolute Gasteiger partial charge is 0.167 e. The van der Waals surface area contributed by atoms with E-state index >= 15 is 0 Å². The summed E-state index contributed by atoms with van der Waals surface area (Å²) in [5.74, 6) is 0. The van der Waals surface area contributed by atoms with Gasteiger partial charge in [-0.1, -0.05) is 44.8 Å². The zero-order valence-electron chi connectivity index (χ0n) is 8.65. The Morgan fingerprint density at radius 2 is 1.82 bits per heavy atom. The molecule has 17 heavy (non-hydrogen) atoms. The normalized spacial score (nSPS) is 10.9. The van der Waals surface area contributed by atoms with Crippen molar-refractivity contribution in [2.24, 2.45) is 0 Å². The molecule has 0 aliphatic heterocycles. The zero-order valence-corrected chi connectivity index (χ0v) is 11.0. The van der Waals surface area contributed by atoms with E-state index < -0.39 is 0 Å². The van der Waals surface area contributed by atoms with Crippen LogP contribution in [0, 0.1) is 0 Å². The number of fused-ring (bicyclic) bond motifs is 1. The molecule has 3 aromatic rings. The number of rotatable bonds is 1. The average Bonchev–Trinajstić information content (AvgIpc) is 2.73. The second-order valence-corrected chi connectivity index (χ2v) is 5.03. The zero-order chi connectivity index (χ0) is 11.8. The predicted octanol–water partition coefficient (Wildman–Crippen LogP) is 4.91. The van der Waals surface area contributed by atoms with E-state index in [1.165, 1.54) is 0 Å². The quantitative estimate of drug-likeness (QED) is 0.638. The third-order valence-electron chi connectivity index (χ3n) is 2.55. The average molecular weight is 309 g/mol. The second kappa shape index (κ2) is 4.17. The third-order valence-corrected chi connectivity index (χ3v) is 3.31. The maximum Gasteiger partial charge on any atom is 0.167 e. The minimum absolute atomic E-state index is 0.680. The van der Waals surface area contributed by atoms with Crippen LogP contribution in [0.3, 0.4) is 0 Å². The number of benzene rings is 2. The predicted molar refractivity (Wildman–Crippen MR) is 72.2 cm³/mol. The topological polar surface area (TPSA) is 26.0 Å². The van der Waals surface area contributed by atoms with Crippen LogP contribution >= 0.6 is 27.5 Å². The maximum atomic E-state index is 5.98. The molecule has 2 nitrogen and oxygen atoms in total.